The number of thiophene rings is 1. The van der Waals surface area contributed by atoms with E-state index in [-0.39, 0.29) is 5.91 Å². The number of anilines is 1. The first-order valence-electron chi connectivity index (χ1n) is 8.84. The number of pyridine rings is 1. The normalized spacial score (nSPS) is 12.9. The van der Waals surface area contributed by atoms with Crippen molar-refractivity contribution in [2.24, 2.45) is 0 Å². The lowest BCUT2D eigenvalue weighted by Crippen LogP contribution is -2.29. The molecule has 3 aromatic heterocycles. The number of benzene rings is 1. The van der Waals surface area contributed by atoms with Crippen LogP contribution in [0.1, 0.15) is 15.2 Å². The summed E-state index contributed by atoms with van der Waals surface area (Å²) in [6.07, 6.45) is 3.48. The number of carbonyl (C=O) groups is 1. The third kappa shape index (κ3) is 3.73. The molecule has 0 bridgehead atoms. The number of halogens is 1. The molecule has 0 saturated heterocycles. The van der Waals surface area contributed by atoms with E-state index in [2.05, 4.69) is 20.9 Å². The fourth-order valence-electron chi connectivity index (χ4n) is 3.03. The zero-order chi connectivity index (χ0) is 19.8. The molecule has 146 valence electrons. The molecule has 0 N–H and O–H groups in total. The highest BCUT2D eigenvalue weighted by atomic mass is 79.9. The number of carbonyl (C=O) groups excluding carboxylic acids is 1. The molecular weight excluding hydrogens is 474 g/mol. The van der Waals surface area contributed by atoms with Gasteiger partial charge in [-0.2, -0.15) is 0 Å². The van der Waals surface area contributed by atoms with Crippen molar-refractivity contribution in [1.82, 2.24) is 9.97 Å². The topological polar surface area (TPSA) is 64.6 Å². The van der Waals surface area contributed by atoms with Crippen molar-refractivity contribution in [1.29, 1.82) is 0 Å². The summed E-state index contributed by atoms with van der Waals surface area (Å²) >= 11 is 6.30. The summed E-state index contributed by atoms with van der Waals surface area (Å²) < 4.78 is 13.2. The third-order valence-electron chi connectivity index (χ3n) is 4.36. The summed E-state index contributed by atoms with van der Waals surface area (Å²) in [6.45, 7) is 1.44. The maximum atomic E-state index is 13.3. The minimum absolute atomic E-state index is 0.0964. The summed E-state index contributed by atoms with van der Waals surface area (Å²) in [4.78, 5) is 24.5. The molecule has 5 rings (SSSR count). The Morgan fingerprint density at radius 1 is 1.14 bits per heavy atom. The summed E-state index contributed by atoms with van der Waals surface area (Å²) in [5.41, 5.74) is 1.72. The van der Waals surface area contributed by atoms with Crippen LogP contribution < -0.4 is 14.4 Å². The Morgan fingerprint density at radius 2 is 1.97 bits per heavy atom. The van der Waals surface area contributed by atoms with Crippen molar-refractivity contribution in [3.05, 3.63) is 63.0 Å². The summed E-state index contributed by atoms with van der Waals surface area (Å²) in [5.74, 6) is 1.31. The van der Waals surface area contributed by atoms with Gasteiger partial charge in [0, 0.05) is 24.5 Å². The first kappa shape index (κ1) is 18.5. The van der Waals surface area contributed by atoms with Crippen LogP contribution in [0.25, 0.3) is 10.2 Å². The third-order valence-corrected chi connectivity index (χ3v) is 7.02. The summed E-state index contributed by atoms with van der Waals surface area (Å²) in [6, 6.07) is 11.3. The van der Waals surface area contributed by atoms with Crippen molar-refractivity contribution in [3.63, 3.8) is 0 Å². The van der Waals surface area contributed by atoms with Crippen LogP contribution in [0.4, 0.5) is 5.13 Å². The van der Waals surface area contributed by atoms with Gasteiger partial charge in [-0.05, 0) is 39.7 Å². The molecule has 1 amide bonds. The molecule has 1 aromatic carbocycles. The molecule has 0 spiro atoms. The Balaban J connectivity index is 1.57. The number of amides is 1. The van der Waals surface area contributed by atoms with E-state index in [1.54, 1.807) is 17.3 Å². The maximum absolute atomic E-state index is 13.3. The molecule has 29 heavy (non-hydrogen) atoms. The number of thiazole rings is 1. The van der Waals surface area contributed by atoms with Crippen LogP contribution in [-0.2, 0) is 6.54 Å². The predicted octanol–water partition coefficient (Wildman–Crippen LogP) is 5.13. The standard InChI is InChI=1S/C20H14BrN3O3S2/c21-18-4-3-16(28-18)19(25)24(11-12-2-1-5-22-10-12)20-23-13-8-14-15(9-17(13)29-20)27-7-6-26-14/h1-5,8-10H,6-7,11H2. The number of aromatic nitrogens is 2. The van der Waals surface area contributed by atoms with Crippen LogP contribution in [0.3, 0.4) is 0 Å². The molecule has 4 heterocycles. The fourth-order valence-corrected chi connectivity index (χ4v) is 5.34. The van der Waals surface area contributed by atoms with Gasteiger partial charge in [0.25, 0.3) is 5.91 Å². The van der Waals surface area contributed by atoms with E-state index >= 15 is 0 Å². The average molecular weight is 488 g/mol. The van der Waals surface area contributed by atoms with E-state index in [9.17, 15) is 4.79 Å². The second-order valence-corrected chi connectivity index (χ2v) is 9.79. The fraction of sp³-hybridized carbons (Fsp3) is 0.150. The number of fused-ring (bicyclic) bond motifs is 2. The zero-order valence-corrected chi connectivity index (χ0v) is 18.2. The van der Waals surface area contributed by atoms with Gasteiger partial charge in [0.15, 0.2) is 16.6 Å². The number of nitrogens with zero attached hydrogens (tertiary/aromatic N) is 3. The van der Waals surface area contributed by atoms with Crippen LogP contribution in [0.2, 0.25) is 0 Å². The Hall–Kier alpha value is -2.49. The van der Waals surface area contributed by atoms with Crippen LogP contribution in [0.5, 0.6) is 11.5 Å². The van der Waals surface area contributed by atoms with Crippen LogP contribution in [0, 0.1) is 0 Å². The van der Waals surface area contributed by atoms with Gasteiger partial charge in [-0.25, -0.2) is 4.98 Å². The quantitative estimate of drug-likeness (QED) is 0.399. The van der Waals surface area contributed by atoms with Crippen LogP contribution >= 0.6 is 38.6 Å². The molecule has 0 atom stereocenters. The highest BCUT2D eigenvalue weighted by Gasteiger charge is 2.24. The van der Waals surface area contributed by atoms with Crippen molar-refractivity contribution in [2.75, 3.05) is 18.1 Å². The minimum Gasteiger partial charge on any atom is -0.486 e. The molecule has 0 unspecified atom stereocenters. The molecule has 1 aliphatic rings. The zero-order valence-electron chi connectivity index (χ0n) is 15.0. The Labute approximate surface area is 182 Å². The van der Waals surface area contributed by atoms with E-state index < -0.39 is 0 Å². The highest BCUT2D eigenvalue weighted by Crippen LogP contribution is 2.39. The Bertz CT molecular complexity index is 1150. The molecule has 0 radical (unpaired) electrons. The van der Waals surface area contributed by atoms with E-state index in [0.717, 1.165) is 19.6 Å². The van der Waals surface area contributed by atoms with Gasteiger partial charge in [-0.15, -0.1) is 11.3 Å². The lowest BCUT2D eigenvalue weighted by molar-refractivity contribution is 0.0989. The van der Waals surface area contributed by atoms with Crippen molar-refractivity contribution >= 4 is 59.9 Å². The second kappa shape index (κ2) is 7.74. The lowest BCUT2D eigenvalue weighted by Gasteiger charge is -2.19. The van der Waals surface area contributed by atoms with Crippen LogP contribution in [0.15, 0.2) is 52.6 Å². The van der Waals surface area contributed by atoms with E-state index in [1.807, 2.05) is 36.4 Å². The second-order valence-electron chi connectivity index (χ2n) is 6.32. The predicted molar refractivity (Wildman–Crippen MR) is 117 cm³/mol. The lowest BCUT2D eigenvalue weighted by atomic mass is 10.2. The molecule has 9 heteroatoms. The highest BCUT2D eigenvalue weighted by molar-refractivity contribution is 9.11. The van der Waals surface area contributed by atoms with E-state index in [0.29, 0.717) is 41.3 Å². The van der Waals surface area contributed by atoms with E-state index in [1.165, 1.54) is 22.7 Å². The van der Waals surface area contributed by atoms with Crippen molar-refractivity contribution < 1.29 is 14.3 Å². The van der Waals surface area contributed by atoms with Gasteiger partial charge >= 0.3 is 0 Å². The average Bonchev–Trinajstić information content (AvgIpc) is 3.36. The van der Waals surface area contributed by atoms with Gasteiger partial charge in [-0.3, -0.25) is 14.7 Å². The SMILES string of the molecule is O=C(c1ccc(Br)s1)N(Cc1cccnc1)c1nc2cc3c(cc2s1)OCCO3. The summed E-state index contributed by atoms with van der Waals surface area (Å²) in [7, 11) is 0. The first-order chi connectivity index (χ1) is 14.2. The van der Waals surface area contributed by atoms with Gasteiger partial charge in [0.1, 0.15) is 13.2 Å². The molecule has 0 aliphatic carbocycles. The number of hydrogen-bond donors (Lipinski definition) is 0. The van der Waals surface area contributed by atoms with Crippen LogP contribution in [-0.4, -0.2) is 29.1 Å². The van der Waals surface area contributed by atoms with Crippen molar-refractivity contribution in [3.8, 4) is 11.5 Å². The molecule has 0 saturated carbocycles. The monoisotopic (exact) mass is 487 g/mol. The number of ether oxygens (including phenoxy) is 2. The first-order valence-corrected chi connectivity index (χ1v) is 11.3. The maximum Gasteiger partial charge on any atom is 0.270 e. The smallest absolute Gasteiger partial charge is 0.270 e. The van der Waals surface area contributed by atoms with Crippen molar-refractivity contribution in [2.45, 2.75) is 6.54 Å². The molecule has 4 aromatic rings. The van der Waals surface area contributed by atoms with Gasteiger partial charge < -0.3 is 9.47 Å². The molecule has 6 nitrogen and oxygen atoms in total. The van der Waals surface area contributed by atoms with Gasteiger partial charge in [-0.1, -0.05) is 17.4 Å². The molecular formula is C20H14BrN3O3S2. The number of hydrogen-bond acceptors (Lipinski definition) is 7. The molecule has 1 aliphatic heterocycles. The van der Waals surface area contributed by atoms with Gasteiger partial charge in [0.2, 0.25) is 0 Å². The Morgan fingerprint density at radius 3 is 2.69 bits per heavy atom. The molecule has 0 fully saturated rings. The summed E-state index contributed by atoms with van der Waals surface area (Å²) in [5, 5.41) is 0.626. The largest absolute Gasteiger partial charge is 0.486 e. The minimum atomic E-state index is -0.0964. The Kier molecular flexibility index (Phi) is 4.94. The number of rotatable bonds is 4. The van der Waals surface area contributed by atoms with E-state index in [4.69, 9.17) is 14.5 Å². The van der Waals surface area contributed by atoms with Gasteiger partial charge in [0.05, 0.1) is 25.4 Å².